The lowest BCUT2D eigenvalue weighted by atomic mass is 10.0. The van der Waals surface area contributed by atoms with E-state index >= 15 is 0 Å². The van der Waals surface area contributed by atoms with E-state index < -0.39 is 0 Å². The van der Waals surface area contributed by atoms with E-state index in [2.05, 4.69) is 27.7 Å². The Balaban J connectivity index is 2.26. The van der Waals surface area contributed by atoms with Gasteiger partial charge in [-0.3, -0.25) is 0 Å². The molecule has 20 heavy (non-hydrogen) atoms. The monoisotopic (exact) mass is 380 g/mol. The van der Waals surface area contributed by atoms with Crippen molar-refractivity contribution in [3.8, 4) is 22.5 Å². The largest absolute Gasteiger partial charge is 0.380 e. The second-order valence-corrected chi connectivity index (χ2v) is 5.39. The van der Waals surface area contributed by atoms with Gasteiger partial charge in [0.05, 0.1) is 5.56 Å². The Morgan fingerprint density at radius 2 is 1.65 bits per heavy atom. The molecule has 0 unspecified atom stereocenters. The minimum absolute atomic E-state index is 0.185. The molecule has 2 N–H and O–H groups in total. The van der Waals surface area contributed by atoms with Crippen molar-refractivity contribution in [2.24, 2.45) is 0 Å². The van der Waals surface area contributed by atoms with Gasteiger partial charge in [0, 0.05) is 14.7 Å². The maximum Gasteiger partial charge on any atom is 0.178 e. The number of benzene rings is 2. The molecule has 1 aromatic heterocycles. The smallest absolute Gasteiger partial charge is 0.178 e. The maximum atomic E-state index is 14.0. The Morgan fingerprint density at radius 1 is 1.00 bits per heavy atom. The van der Waals surface area contributed by atoms with Gasteiger partial charge < -0.3 is 10.3 Å². The van der Waals surface area contributed by atoms with Crippen LogP contribution in [-0.4, -0.2) is 5.16 Å². The molecular formula is C15H10FIN2O. The van der Waals surface area contributed by atoms with Gasteiger partial charge in [0.25, 0.3) is 0 Å². The topological polar surface area (TPSA) is 52.0 Å². The van der Waals surface area contributed by atoms with E-state index in [0.29, 0.717) is 16.9 Å². The summed E-state index contributed by atoms with van der Waals surface area (Å²) in [5, 5.41) is 3.78. The first-order valence-electron chi connectivity index (χ1n) is 5.93. The molecule has 0 fully saturated rings. The summed E-state index contributed by atoms with van der Waals surface area (Å²) in [5.41, 5.74) is 7.58. The number of nitrogen functional groups attached to an aromatic ring is 1. The summed E-state index contributed by atoms with van der Waals surface area (Å²) < 4.78 is 20.3. The Bertz CT molecular complexity index is 770. The third-order valence-electron chi connectivity index (χ3n) is 2.98. The first-order valence-corrected chi connectivity index (χ1v) is 7.01. The zero-order chi connectivity index (χ0) is 14.1. The van der Waals surface area contributed by atoms with E-state index in [9.17, 15) is 4.39 Å². The van der Waals surface area contributed by atoms with Crippen LogP contribution in [0.25, 0.3) is 22.5 Å². The summed E-state index contributed by atoms with van der Waals surface area (Å²) in [6, 6.07) is 14.1. The maximum absolute atomic E-state index is 14.0. The summed E-state index contributed by atoms with van der Waals surface area (Å²) in [5.74, 6) is 0.317. The van der Waals surface area contributed by atoms with Gasteiger partial charge in [0.15, 0.2) is 11.6 Å². The summed E-state index contributed by atoms with van der Waals surface area (Å²) >= 11 is 2.20. The lowest BCUT2D eigenvalue weighted by Gasteiger charge is -2.05. The minimum Gasteiger partial charge on any atom is -0.380 e. The molecule has 0 saturated heterocycles. The molecule has 5 heteroatoms. The Hall–Kier alpha value is -1.89. The van der Waals surface area contributed by atoms with Gasteiger partial charge in [-0.05, 0) is 34.7 Å². The van der Waals surface area contributed by atoms with E-state index in [4.69, 9.17) is 10.3 Å². The standard InChI is InChI=1S/C15H10FIN2O/c16-11-7-3-1-5-9(11)13-14(20-19-15(13)18)10-6-2-4-8-12(10)17/h1-8H,(H2,18,19). The molecule has 1 heterocycles. The molecule has 0 saturated carbocycles. The molecule has 0 amide bonds. The molecule has 0 radical (unpaired) electrons. The van der Waals surface area contributed by atoms with Gasteiger partial charge in [-0.1, -0.05) is 41.6 Å². The third-order valence-corrected chi connectivity index (χ3v) is 3.92. The van der Waals surface area contributed by atoms with Crippen LogP contribution in [0.15, 0.2) is 53.1 Å². The van der Waals surface area contributed by atoms with Crippen LogP contribution >= 0.6 is 22.6 Å². The molecule has 0 bridgehead atoms. The molecule has 0 aliphatic heterocycles. The number of nitrogens with two attached hydrogens (primary N) is 1. The highest BCUT2D eigenvalue weighted by Gasteiger charge is 2.21. The Kier molecular flexibility index (Phi) is 3.43. The number of nitrogens with zero attached hydrogens (tertiary/aromatic N) is 1. The van der Waals surface area contributed by atoms with Crippen LogP contribution in [0, 0.1) is 9.39 Å². The van der Waals surface area contributed by atoms with Gasteiger partial charge in [0.2, 0.25) is 0 Å². The molecule has 3 nitrogen and oxygen atoms in total. The second kappa shape index (κ2) is 5.24. The van der Waals surface area contributed by atoms with E-state index in [1.165, 1.54) is 6.07 Å². The summed E-state index contributed by atoms with van der Waals surface area (Å²) in [6.07, 6.45) is 0. The Morgan fingerprint density at radius 3 is 2.35 bits per heavy atom. The van der Waals surface area contributed by atoms with Gasteiger partial charge in [0.1, 0.15) is 5.82 Å². The van der Waals surface area contributed by atoms with E-state index in [-0.39, 0.29) is 11.6 Å². The summed E-state index contributed by atoms with van der Waals surface area (Å²) in [7, 11) is 0. The molecule has 0 atom stereocenters. The molecule has 0 aliphatic carbocycles. The van der Waals surface area contributed by atoms with Gasteiger partial charge in [-0.2, -0.15) is 0 Å². The lowest BCUT2D eigenvalue weighted by Crippen LogP contribution is -1.92. The quantitative estimate of drug-likeness (QED) is 0.674. The molecule has 3 rings (SSSR count). The number of hydrogen-bond acceptors (Lipinski definition) is 3. The number of rotatable bonds is 2. The van der Waals surface area contributed by atoms with Crippen LogP contribution in [0.4, 0.5) is 10.2 Å². The van der Waals surface area contributed by atoms with E-state index in [1.807, 2.05) is 24.3 Å². The van der Waals surface area contributed by atoms with Crippen LogP contribution in [0.3, 0.4) is 0 Å². The van der Waals surface area contributed by atoms with Crippen molar-refractivity contribution >= 4 is 28.4 Å². The number of halogens is 2. The van der Waals surface area contributed by atoms with Gasteiger partial charge in [-0.25, -0.2) is 4.39 Å². The van der Waals surface area contributed by atoms with Crippen molar-refractivity contribution in [3.05, 3.63) is 57.9 Å². The van der Waals surface area contributed by atoms with Crippen LogP contribution in [-0.2, 0) is 0 Å². The van der Waals surface area contributed by atoms with Crippen molar-refractivity contribution < 1.29 is 8.91 Å². The SMILES string of the molecule is Nc1noc(-c2ccccc2I)c1-c1ccccc1F. The average Bonchev–Trinajstić information content (AvgIpc) is 2.82. The zero-order valence-electron chi connectivity index (χ0n) is 10.3. The summed E-state index contributed by atoms with van der Waals surface area (Å²) in [4.78, 5) is 0. The fourth-order valence-corrected chi connectivity index (χ4v) is 2.69. The highest BCUT2D eigenvalue weighted by molar-refractivity contribution is 14.1. The molecule has 2 aromatic carbocycles. The summed E-state index contributed by atoms with van der Waals surface area (Å²) in [6.45, 7) is 0. The highest BCUT2D eigenvalue weighted by atomic mass is 127. The van der Waals surface area contributed by atoms with Crippen LogP contribution < -0.4 is 5.73 Å². The molecule has 3 aromatic rings. The molecular weight excluding hydrogens is 370 g/mol. The predicted octanol–water partition coefficient (Wildman–Crippen LogP) is 4.33. The Labute approximate surface area is 128 Å². The molecule has 0 aliphatic rings. The zero-order valence-corrected chi connectivity index (χ0v) is 12.5. The second-order valence-electron chi connectivity index (χ2n) is 4.23. The van der Waals surface area contributed by atoms with E-state index in [0.717, 1.165) is 9.13 Å². The minimum atomic E-state index is -0.352. The fraction of sp³-hybridized carbons (Fsp3) is 0. The number of anilines is 1. The molecule has 0 spiro atoms. The number of aromatic nitrogens is 1. The van der Waals surface area contributed by atoms with Crippen LogP contribution in [0.1, 0.15) is 0 Å². The first kappa shape index (κ1) is 13.1. The van der Waals surface area contributed by atoms with Crippen molar-refractivity contribution in [2.45, 2.75) is 0 Å². The third kappa shape index (κ3) is 2.18. The molecule has 100 valence electrons. The average molecular weight is 380 g/mol. The van der Waals surface area contributed by atoms with Crippen molar-refractivity contribution in [3.63, 3.8) is 0 Å². The number of hydrogen-bond donors (Lipinski definition) is 1. The fourth-order valence-electron chi connectivity index (χ4n) is 2.06. The van der Waals surface area contributed by atoms with Crippen LogP contribution in [0.5, 0.6) is 0 Å². The van der Waals surface area contributed by atoms with Gasteiger partial charge >= 0.3 is 0 Å². The normalized spacial score (nSPS) is 10.7. The van der Waals surface area contributed by atoms with Gasteiger partial charge in [-0.15, -0.1) is 0 Å². The highest BCUT2D eigenvalue weighted by Crippen LogP contribution is 2.39. The van der Waals surface area contributed by atoms with Crippen molar-refractivity contribution in [1.29, 1.82) is 0 Å². The predicted molar refractivity (Wildman–Crippen MR) is 84.5 cm³/mol. The lowest BCUT2D eigenvalue weighted by molar-refractivity contribution is 0.436. The van der Waals surface area contributed by atoms with Crippen molar-refractivity contribution in [2.75, 3.05) is 5.73 Å². The first-order chi connectivity index (χ1) is 9.68. The van der Waals surface area contributed by atoms with Crippen molar-refractivity contribution in [1.82, 2.24) is 5.16 Å². The van der Waals surface area contributed by atoms with E-state index in [1.54, 1.807) is 18.2 Å². The van der Waals surface area contributed by atoms with Crippen LogP contribution in [0.2, 0.25) is 0 Å².